The van der Waals surface area contributed by atoms with Crippen LogP contribution in [0.15, 0.2) is 29.2 Å². The van der Waals surface area contributed by atoms with Crippen LogP contribution in [0.2, 0.25) is 0 Å². The van der Waals surface area contributed by atoms with Crippen LogP contribution in [-0.2, 0) is 4.74 Å². The lowest BCUT2D eigenvalue weighted by Crippen LogP contribution is -2.44. The Labute approximate surface area is 144 Å². The molecule has 0 bridgehead atoms. The van der Waals surface area contributed by atoms with Gasteiger partial charge in [-0.25, -0.2) is 9.36 Å². The minimum absolute atomic E-state index is 0.0366. The number of hydrogen-bond donors (Lipinski definition) is 1. The second-order valence-corrected chi connectivity index (χ2v) is 6.10. The number of aromatic nitrogens is 3. The van der Waals surface area contributed by atoms with E-state index in [0.717, 1.165) is 12.0 Å². The molecule has 0 aliphatic heterocycles. The molecule has 0 unspecified atom stereocenters. The van der Waals surface area contributed by atoms with Crippen LogP contribution in [0.25, 0.3) is 16.7 Å². The van der Waals surface area contributed by atoms with E-state index in [1.165, 1.54) is 17.6 Å². The molecule has 0 radical (unpaired) electrons. The van der Waals surface area contributed by atoms with Gasteiger partial charge in [-0.2, -0.15) is 0 Å². The van der Waals surface area contributed by atoms with Gasteiger partial charge in [0.15, 0.2) is 0 Å². The van der Waals surface area contributed by atoms with Crippen LogP contribution in [0.1, 0.15) is 42.2 Å². The minimum Gasteiger partial charge on any atom is -0.465 e. The molecule has 0 fully saturated rings. The predicted molar refractivity (Wildman–Crippen MR) is 94.7 cm³/mol. The maximum atomic E-state index is 13.0. The average molecular weight is 341 g/mol. The lowest BCUT2D eigenvalue weighted by molar-refractivity contribution is -0.683. The number of rotatable bonds is 3. The van der Waals surface area contributed by atoms with Gasteiger partial charge in [-0.05, 0) is 32.4 Å². The summed E-state index contributed by atoms with van der Waals surface area (Å²) in [5.41, 5.74) is 8.10. The molecule has 0 aliphatic carbocycles. The van der Waals surface area contributed by atoms with Crippen molar-refractivity contribution < 1.29 is 14.1 Å². The summed E-state index contributed by atoms with van der Waals surface area (Å²) in [6.07, 6.45) is 2.43. The summed E-state index contributed by atoms with van der Waals surface area (Å²) in [7, 11) is 1.29. The van der Waals surface area contributed by atoms with Gasteiger partial charge in [-0.15, -0.1) is 0 Å². The van der Waals surface area contributed by atoms with Crippen LogP contribution < -0.4 is 15.9 Å². The first-order valence-corrected chi connectivity index (χ1v) is 8.14. The molecule has 2 N–H and O–H groups in total. The number of pyridine rings is 2. The molecule has 7 heteroatoms. The summed E-state index contributed by atoms with van der Waals surface area (Å²) in [4.78, 5) is 29.8. The summed E-state index contributed by atoms with van der Waals surface area (Å²) in [5, 5.41) is 0.331. The third-order valence-corrected chi connectivity index (χ3v) is 4.55. The number of carbonyl (C=O) groups is 1. The van der Waals surface area contributed by atoms with E-state index in [0.29, 0.717) is 16.7 Å². The van der Waals surface area contributed by atoms with Crippen molar-refractivity contribution >= 4 is 28.5 Å². The first-order valence-electron chi connectivity index (χ1n) is 8.14. The molecule has 3 heterocycles. The van der Waals surface area contributed by atoms with Crippen molar-refractivity contribution in [1.82, 2.24) is 9.38 Å². The minimum atomic E-state index is -0.579. The van der Waals surface area contributed by atoms with Crippen LogP contribution in [0.4, 0.5) is 5.82 Å². The Balaban J connectivity index is 2.57. The van der Waals surface area contributed by atoms with Crippen molar-refractivity contribution in [2.45, 2.75) is 33.2 Å². The molecule has 0 aromatic carbocycles. The number of hydrogen-bond acceptors (Lipinski definition) is 5. The number of aryl methyl sites for hydroxylation is 1. The van der Waals surface area contributed by atoms with Crippen molar-refractivity contribution in [2.24, 2.45) is 0 Å². The Morgan fingerprint density at radius 1 is 1.48 bits per heavy atom. The Morgan fingerprint density at radius 2 is 2.20 bits per heavy atom. The van der Waals surface area contributed by atoms with Gasteiger partial charge >= 0.3 is 5.97 Å². The standard InChI is InChI=1S/C18H20N4O3/c1-5-11(3)22-14(19)12(18(24)25-4)9-13-16(22)20-15-10(2)7-6-8-21(15)17(13)23/h6-9,11,19H,5H2,1-4H3/p+1/t11-/m0/s1. The third kappa shape index (κ3) is 2.52. The second kappa shape index (κ2) is 6.16. The highest BCUT2D eigenvalue weighted by Crippen LogP contribution is 2.19. The molecular weight excluding hydrogens is 320 g/mol. The van der Waals surface area contributed by atoms with Crippen LogP contribution in [0.3, 0.4) is 0 Å². The highest BCUT2D eigenvalue weighted by molar-refractivity contribution is 5.96. The van der Waals surface area contributed by atoms with E-state index < -0.39 is 5.97 Å². The Kier molecular flexibility index (Phi) is 4.16. The zero-order valence-corrected chi connectivity index (χ0v) is 14.7. The first kappa shape index (κ1) is 16.9. The van der Waals surface area contributed by atoms with Crippen molar-refractivity contribution in [1.29, 1.82) is 0 Å². The van der Waals surface area contributed by atoms with Crippen LogP contribution >= 0.6 is 0 Å². The molecule has 7 nitrogen and oxygen atoms in total. The average Bonchev–Trinajstić information content (AvgIpc) is 2.61. The molecule has 0 amide bonds. The van der Waals surface area contributed by atoms with Crippen LogP contribution in [-0.4, -0.2) is 22.5 Å². The fourth-order valence-corrected chi connectivity index (χ4v) is 2.97. The molecule has 130 valence electrons. The highest BCUT2D eigenvalue weighted by Gasteiger charge is 2.27. The van der Waals surface area contributed by atoms with E-state index in [1.807, 2.05) is 26.8 Å². The topological polar surface area (TPSA) is 90.6 Å². The van der Waals surface area contributed by atoms with E-state index in [2.05, 4.69) is 4.98 Å². The monoisotopic (exact) mass is 341 g/mol. The van der Waals surface area contributed by atoms with Crippen molar-refractivity contribution in [3.05, 3.63) is 45.9 Å². The van der Waals surface area contributed by atoms with E-state index in [1.54, 1.807) is 16.8 Å². The predicted octanol–water partition coefficient (Wildman–Crippen LogP) is 1.78. The third-order valence-electron chi connectivity index (χ3n) is 4.55. The van der Waals surface area contributed by atoms with E-state index in [-0.39, 0.29) is 23.0 Å². The molecule has 3 aromatic heterocycles. The van der Waals surface area contributed by atoms with E-state index in [4.69, 9.17) is 10.5 Å². The summed E-state index contributed by atoms with van der Waals surface area (Å²) in [5.74, 6) is -0.330. The quantitative estimate of drug-likeness (QED) is 0.445. The molecule has 25 heavy (non-hydrogen) atoms. The zero-order valence-electron chi connectivity index (χ0n) is 14.7. The number of nitrogens with two attached hydrogens (primary N) is 1. The number of nitrogen functional groups attached to an aromatic ring is 1. The molecule has 0 aliphatic rings. The molecule has 0 saturated heterocycles. The fraction of sp³-hybridized carbons (Fsp3) is 0.333. The number of esters is 1. The molecular formula is C18H21N4O3+. The lowest BCUT2D eigenvalue weighted by Gasteiger charge is -2.15. The number of anilines is 1. The van der Waals surface area contributed by atoms with Crippen LogP contribution in [0.5, 0.6) is 0 Å². The number of fused-ring (bicyclic) bond motifs is 2. The number of carbonyl (C=O) groups excluding carboxylic acids is 1. The van der Waals surface area contributed by atoms with Gasteiger partial charge in [0.05, 0.1) is 13.2 Å². The smallest absolute Gasteiger partial charge is 0.344 e. The van der Waals surface area contributed by atoms with Gasteiger partial charge in [0.1, 0.15) is 10.9 Å². The molecule has 0 saturated carbocycles. The second-order valence-electron chi connectivity index (χ2n) is 6.10. The Bertz CT molecular complexity index is 1060. The van der Waals surface area contributed by atoms with Crippen LogP contribution in [0, 0.1) is 6.92 Å². The first-order chi connectivity index (χ1) is 11.9. The molecule has 0 spiro atoms. The van der Waals surface area contributed by atoms with Crippen molar-refractivity contribution in [3.63, 3.8) is 0 Å². The largest absolute Gasteiger partial charge is 0.465 e. The van der Waals surface area contributed by atoms with Gasteiger partial charge in [0.25, 0.3) is 11.2 Å². The van der Waals surface area contributed by atoms with Crippen molar-refractivity contribution in [3.8, 4) is 0 Å². The van der Waals surface area contributed by atoms with Gasteiger partial charge in [-0.1, -0.05) is 18.0 Å². The number of ether oxygens (including phenoxy) is 1. The summed E-state index contributed by atoms with van der Waals surface area (Å²) in [6, 6.07) is 5.12. The number of nitrogens with zero attached hydrogens (tertiary/aromatic N) is 3. The molecule has 3 rings (SSSR count). The summed E-state index contributed by atoms with van der Waals surface area (Å²) >= 11 is 0. The number of methoxy groups -OCH3 is 1. The Morgan fingerprint density at radius 3 is 2.84 bits per heavy atom. The maximum absolute atomic E-state index is 13.0. The van der Waals surface area contributed by atoms with Crippen molar-refractivity contribution in [2.75, 3.05) is 12.8 Å². The van der Waals surface area contributed by atoms with Gasteiger partial charge < -0.3 is 10.5 Å². The fourth-order valence-electron chi connectivity index (χ4n) is 2.97. The lowest BCUT2D eigenvalue weighted by atomic mass is 10.1. The molecule has 1 atom stereocenters. The van der Waals surface area contributed by atoms with E-state index in [9.17, 15) is 9.59 Å². The van der Waals surface area contributed by atoms with Gasteiger partial charge in [-0.3, -0.25) is 9.20 Å². The van der Waals surface area contributed by atoms with Gasteiger partial charge in [0, 0.05) is 11.8 Å². The summed E-state index contributed by atoms with van der Waals surface area (Å²) in [6.45, 7) is 5.87. The van der Waals surface area contributed by atoms with E-state index >= 15 is 0 Å². The normalized spacial score (nSPS) is 12.5. The van der Waals surface area contributed by atoms with Gasteiger partial charge in [0.2, 0.25) is 11.5 Å². The maximum Gasteiger partial charge on any atom is 0.344 e. The molecule has 3 aromatic rings. The Hall–Kier alpha value is -2.96. The SMILES string of the molecule is CC[C@H](C)[n+]1c(N)c(C(=O)OC)cc2c(=O)n3cccc(C)c3nc21. The summed E-state index contributed by atoms with van der Waals surface area (Å²) < 4.78 is 8.05. The highest BCUT2D eigenvalue weighted by atomic mass is 16.5. The zero-order chi connectivity index (χ0) is 18.3.